The van der Waals surface area contributed by atoms with Gasteiger partial charge in [-0.1, -0.05) is 12.1 Å². The average Bonchev–Trinajstić information content (AvgIpc) is 3.19. The molecule has 8 heteroatoms. The number of nitrogens with zero attached hydrogens (tertiary/aromatic N) is 2. The Morgan fingerprint density at radius 2 is 2.06 bits per heavy atom. The van der Waals surface area contributed by atoms with Crippen LogP contribution in [0, 0.1) is 12.7 Å². The van der Waals surface area contributed by atoms with Crippen LogP contribution in [0.1, 0.15) is 30.9 Å². The molecule has 1 atom stereocenters. The zero-order chi connectivity index (χ0) is 22.3. The van der Waals surface area contributed by atoms with Gasteiger partial charge < -0.3 is 24.9 Å². The second-order valence-corrected chi connectivity index (χ2v) is 7.30. The number of halogens is 1. The smallest absolute Gasteiger partial charge is 0.219 e. The first kappa shape index (κ1) is 22.3. The van der Waals surface area contributed by atoms with Crippen LogP contribution in [0.4, 0.5) is 4.39 Å². The lowest BCUT2D eigenvalue weighted by atomic mass is 10.0. The molecule has 0 radical (unpaired) electrons. The highest BCUT2D eigenvalue weighted by Gasteiger charge is 2.27. The molecule has 3 rings (SSSR count). The Balaban J connectivity index is 1.59. The molecule has 1 unspecified atom stereocenters. The second-order valence-electron chi connectivity index (χ2n) is 7.30. The summed E-state index contributed by atoms with van der Waals surface area (Å²) in [6.07, 6.45) is 1.66. The van der Waals surface area contributed by atoms with E-state index in [-0.39, 0.29) is 12.4 Å². The third kappa shape index (κ3) is 6.55. The van der Waals surface area contributed by atoms with Crippen molar-refractivity contribution in [3.05, 3.63) is 77.6 Å². The van der Waals surface area contributed by atoms with Gasteiger partial charge in [0.15, 0.2) is 5.96 Å². The zero-order valence-corrected chi connectivity index (χ0v) is 17.9. The lowest BCUT2D eigenvalue weighted by Gasteiger charge is -2.22. The van der Waals surface area contributed by atoms with Gasteiger partial charge in [-0.25, -0.2) is 14.4 Å². The summed E-state index contributed by atoms with van der Waals surface area (Å²) in [5.74, 6) is 2.18. The predicted octanol–water partition coefficient (Wildman–Crippen LogP) is 3.88. The quantitative estimate of drug-likeness (QED) is 0.374. The van der Waals surface area contributed by atoms with Gasteiger partial charge in [-0.2, -0.15) is 0 Å². The molecule has 0 aliphatic heterocycles. The molecule has 2 aromatic heterocycles. The molecule has 164 valence electrons. The molecule has 2 heterocycles. The van der Waals surface area contributed by atoms with Crippen molar-refractivity contribution in [3.63, 3.8) is 0 Å². The Morgan fingerprint density at radius 3 is 2.71 bits per heavy atom. The lowest BCUT2D eigenvalue weighted by Crippen LogP contribution is -2.44. The standard InChI is InChI=1S/C23H27FN4O3/c1-4-25-22(28-15-23(3,29)20-10-8-16(2)30-20)27-14-17-9-11-21(26-13-17)31-19-7-5-6-18(24)12-19/h5-13,29H,4,14-15H2,1-3H3,(H2,25,27,28). The first-order valence-corrected chi connectivity index (χ1v) is 10.1. The molecule has 0 spiro atoms. The van der Waals surface area contributed by atoms with Crippen molar-refractivity contribution in [2.45, 2.75) is 32.9 Å². The second kappa shape index (κ2) is 10.1. The molecule has 1 aromatic carbocycles. The zero-order valence-electron chi connectivity index (χ0n) is 17.9. The van der Waals surface area contributed by atoms with Gasteiger partial charge in [-0.15, -0.1) is 0 Å². The summed E-state index contributed by atoms with van der Waals surface area (Å²) in [5.41, 5.74) is -0.306. The third-order valence-corrected chi connectivity index (χ3v) is 4.45. The van der Waals surface area contributed by atoms with Gasteiger partial charge in [-0.05, 0) is 50.6 Å². The van der Waals surface area contributed by atoms with E-state index in [2.05, 4.69) is 20.6 Å². The summed E-state index contributed by atoms with van der Waals surface area (Å²) in [7, 11) is 0. The number of aryl methyl sites for hydroxylation is 1. The molecular weight excluding hydrogens is 399 g/mol. The number of benzene rings is 1. The Kier molecular flexibility index (Phi) is 7.25. The molecule has 31 heavy (non-hydrogen) atoms. The molecule has 0 aliphatic rings. The highest BCUT2D eigenvalue weighted by atomic mass is 19.1. The minimum atomic E-state index is -1.18. The largest absolute Gasteiger partial charge is 0.463 e. The van der Waals surface area contributed by atoms with E-state index in [9.17, 15) is 9.50 Å². The SMILES string of the molecule is CCNC(=NCc1ccc(Oc2cccc(F)c2)nc1)NCC(C)(O)c1ccc(C)o1. The van der Waals surface area contributed by atoms with Crippen LogP contribution in [0.25, 0.3) is 0 Å². The number of guanidine groups is 1. The molecular formula is C23H27FN4O3. The Morgan fingerprint density at radius 1 is 1.23 bits per heavy atom. The summed E-state index contributed by atoms with van der Waals surface area (Å²) >= 11 is 0. The van der Waals surface area contributed by atoms with Crippen molar-refractivity contribution in [2.75, 3.05) is 13.1 Å². The van der Waals surface area contributed by atoms with Gasteiger partial charge in [-0.3, -0.25) is 0 Å². The molecule has 0 fully saturated rings. The summed E-state index contributed by atoms with van der Waals surface area (Å²) < 4.78 is 24.3. The van der Waals surface area contributed by atoms with Crippen molar-refractivity contribution < 1.29 is 18.7 Å². The summed E-state index contributed by atoms with van der Waals surface area (Å²) in [5, 5.41) is 17.0. The topological polar surface area (TPSA) is 91.9 Å². The van der Waals surface area contributed by atoms with Crippen LogP contribution in [0.15, 0.2) is 64.1 Å². The first-order valence-electron chi connectivity index (χ1n) is 10.1. The van der Waals surface area contributed by atoms with Crippen LogP contribution < -0.4 is 15.4 Å². The summed E-state index contributed by atoms with van der Waals surface area (Å²) in [6, 6.07) is 13.0. The Labute approximate surface area is 181 Å². The summed E-state index contributed by atoms with van der Waals surface area (Å²) in [6.45, 7) is 6.76. The van der Waals surface area contributed by atoms with Crippen LogP contribution in [0.3, 0.4) is 0 Å². The molecule has 0 bridgehead atoms. The number of furan rings is 1. The van der Waals surface area contributed by atoms with Gasteiger partial charge >= 0.3 is 0 Å². The van der Waals surface area contributed by atoms with E-state index in [4.69, 9.17) is 9.15 Å². The van der Waals surface area contributed by atoms with E-state index < -0.39 is 5.60 Å². The fraction of sp³-hybridized carbons (Fsp3) is 0.304. The highest BCUT2D eigenvalue weighted by Crippen LogP contribution is 2.22. The number of aliphatic hydroxyl groups is 1. The Bertz CT molecular complexity index is 1020. The number of hydrogen-bond donors (Lipinski definition) is 3. The first-order chi connectivity index (χ1) is 14.9. The number of ether oxygens (including phenoxy) is 1. The lowest BCUT2D eigenvalue weighted by molar-refractivity contribution is 0.0378. The molecule has 7 nitrogen and oxygen atoms in total. The maximum absolute atomic E-state index is 13.3. The molecule has 0 amide bonds. The number of aliphatic imine (C=N–C) groups is 1. The van der Waals surface area contributed by atoms with E-state index in [1.54, 1.807) is 37.4 Å². The number of pyridine rings is 1. The minimum absolute atomic E-state index is 0.227. The maximum atomic E-state index is 13.3. The van der Waals surface area contributed by atoms with Gasteiger partial charge in [0, 0.05) is 24.9 Å². The number of hydrogen-bond acceptors (Lipinski definition) is 5. The molecule has 0 saturated carbocycles. The molecule has 0 aliphatic carbocycles. The van der Waals surface area contributed by atoms with Crippen molar-refractivity contribution in [3.8, 4) is 11.6 Å². The van der Waals surface area contributed by atoms with E-state index in [0.717, 1.165) is 11.3 Å². The predicted molar refractivity (Wildman–Crippen MR) is 117 cm³/mol. The van der Waals surface area contributed by atoms with Crippen LogP contribution >= 0.6 is 0 Å². The van der Waals surface area contributed by atoms with Crippen LogP contribution in [0.2, 0.25) is 0 Å². The van der Waals surface area contributed by atoms with Crippen molar-refractivity contribution in [1.82, 2.24) is 15.6 Å². The minimum Gasteiger partial charge on any atom is -0.463 e. The van der Waals surface area contributed by atoms with Gasteiger partial charge in [0.1, 0.15) is 28.7 Å². The van der Waals surface area contributed by atoms with Crippen LogP contribution in [-0.4, -0.2) is 29.1 Å². The average molecular weight is 426 g/mol. The monoisotopic (exact) mass is 426 g/mol. The van der Waals surface area contributed by atoms with Crippen LogP contribution in [0.5, 0.6) is 11.6 Å². The van der Waals surface area contributed by atoms with Gasteiger partial charge in [0.2, 0.25) is 5.88 Å². The number of rotatable bonds is 8. The van der Waals surface area contributed by atoms with Crippen LogP contribution in [-0.2, 0) is 12.1 Å². The van der Waals surface area contributed by atoms with E-state index >= 15 is 0 Å². The van der Waals surface area contributed by atoms with E-state index in [0.29, 0.717) is 36.4 Å². The molecule has 3 aromatic rings. The van der Waals surface area contributed by atoms with Crippen molar-refractivity contribution in [1.29, 1.82) is 0 Å². The fourth-order valence-corrected chi connectivity index (χ4v) is 2.80. The van der Waals surface area contributed by atoms with Gasteiger partial charge in [0.05, 0.1) is 13.1 Å². The fourth-order valence-electron chi connectivity index (χ4n) is 2.80. The summed E-state index contributed by atoms with van der Waals surface area (Å²) in [4.78, 5) is 8.78. The van der Waals surface area contributed by atoms with Crippen molar-refractivity contribution in [2.24, 2.45) is 4.99 Å². The molecule has 0 saturated heterocycles. The maximum Gasteiger partial charge on any atom is 0.219 e. The third-order valence-electron chi connectivity index (χ3n) is 4.45. The normalized spacial score (nSPS) is 13.5. The van der Waals surface area contributed by atoms with Gasteiger partial charge in [0.25, 0.3) is 0 Å². The van der Waals surface area contributed by atoms with E-state index in [1.165, 1.54) is 12.1 Å². The molecule has 3 N–H and O–H groups in total. The van der Waals surface area contributed by atoms with Crippen molar-refractivity contribution >= 4 is 5.96 Å². The number of aromatic nitrogens is 1. The van der Waals surface area contributed by atoms with E-state index in [1.807, 2.05) is 26.0 Å². The highest BCUT2D eigenvalue weighted by molar-refractivity contribution is 5.79. The Hall–Kier alpha value is -3.39. The number of nitrogens with one attached hydrogen (secondary N) is 2.